The molecule has 4 aromatic rings. The molecule has 0 saturated carbocycles. The van der Waals surface area contributed by atoms with E-state index in [1.54, 1.807) is 6.20 Å². The highest BCUT2D eigenvalue weighted by molar-refractivity contribution is 5.63. The average molecular weight is 382 g/mol. The Bertz CT molecular complexity index is 1050. The molecule has 1 unspecified atom stereocenters. The highest BCUT2D eigenvalue weighted by atomic mass is 16.5. The molecule has 0 aliphatic rings. The fourth-order valence-electron chi connectivity index (χ4n) is 2.94. The van der Waals surface area contributed by atoms with E-state index in [-0.39, 0.29) is 6.04 Å². The molecule has 144 valence electrons. The molecule has 0 aliphatic carbocycles. The van der Waals surface area contributed by atoms with E-state index in [0.717, 1.165) is 17.3 Å². The molecule has 3 aromatic carbocycles. The van der Waals surface area contributed by atoms with Gasteiger partial charge in [-0.15, -0.1) is 0 Å². The molecule has 0 aliphatic heterocycles. The lowest BCUT2D eigenvalue weighted by Crippen LogP contribution is -2.09. The van der Waals surface area contributed by atoms with Gasteiger partial charge in [0.25, 0.3) is 0 Å². The summed E-state index contributed by atoms with van der Waals surface area (Å²) in [6, 6.07) is 29.7. The summed E-state index contributed by atoms with van der Waals surface area (Å²) in [6.45, 7) is 2.10. The maximum absolute atomic E-state index is 6.00. The Labute approximate surface area is 170 Å². The van der Waals surface area contributed by atoms with Crippen LogP contribution in [0, 0.1) is 0 Å². The van der Waals surface area contributed by atoms with E-state index in [1.165, 1.54) is 5.56 Å². The van der Waals surface area contributed by atoms with Crippen molar-refractivity contribution in [1.82, 2.24) is 9.97 Å². The number of rotatable bonds is 7. The molecule has 2 N–H and O–H groups in total. The number of anilines is 3. The first-order valence-electron chi connectivity index (χ1n) is 9.51. The fourth-order valence-corrected chi connectivity index (χ4v) is 2.94. The second kappa shape index (κ2) is 8.89. The van der Waals surface area contributed by atoms with Crippen LogP contribution in [0.15, 0.2) is 97.2 Å². The van der Waals surface area contributed by atoms with Gasteiger partial charge in [-0.05, 0) is 42.8 Å². The maximum atomic E-state index is 6.00. The Morgan fingerprint density at radius 2 is 1.48 bits per heavy atom. The molecule has 1 heterocycles. The van der Waals surface area contributed by atoms with Crippen LogP contribution < -0.4 is 15.4 Å². The molecule has 5 nitrogen and oxygen atoms in total. The van der Waals surface area contributed by atoms with Crippen molar-refractivity contribution < 1.29 is 4.74 Å². The van der Waals surface area contributed by atoms with Crippen molar-refractivity contribution in [3.63, 3.8) is 0 Å². The Morgan fingerprint density at radius 1 is 0.793 bits per heavy atom. The van der Waals surface area contributed by atoms with Crippen LogP contribution in [0.25, 0.3) is 0 Å². The van der Waals surface area contributed by atoms with Gasteiger partial charge in [-0.25, -0.2) is 4.98 Å². The minimum absolute atomic E-state index is 0.132. The zero-order valence-electron chi connectivity index (χ0n) is 16.1. The summed E-state index contributed by atoms with van der Waals surface area (Å²) in [4.78, 5) is 8.94. The molecular weight excluding hydrogens is 360 g/mol. The summed E-state index contributed by atoms with van der Waals surface area (Å²) in [5.41, 5.74) is 1.99. The second-order valence-corrected chi connectivity index (χ2v) is 6.58. The smallest absolute Gasteiger partial charge is 0.229 e. The highest BCUT2D eigenvalue weighted by Gasteiger charge is 2.09. The van der Waals surface area contributed by atoms with Crippen LogP contribution in [0.3, 0.4) is 0 Å². The van der Waals surface area contributed by atoms with Crippen molar-refractivity contribution in [2.24, 2.45) is 0 Å². The van der Waals surface area contributed by atoms with E-state index in [1.807, 2.05) is 78.9 Å². The number of hydrogen-bond acceptors (Lipinski definition) is 5. The van der Waals surface area contributed by atoms with Gasteiger partial charge in [0, 0.05) is 12.2 Å². The van der Waals surface area contributed by atoms with E-state index in [0.29, 0.717) is 11.7 Å². The first kappa shape index (κ1) is 18.5. The van der Waals surface area contributed by atoms with E-state index in [2.05, 4.69) is 39.7 Å². The third-order valence-electron chi connectivity index (χ3n) is 4.42. The number of ether oxygens (including phenoxy) is 1. The second-order valence-electron chi connectivity index (χ2n) is 6.58. The molecule has 0 amide bonds. The van der Waals surface area contributed by atoms with Gasteiger partial charge in [0.2, 0.25) is 5.95 Å². The molecule has 0 fully saturated rings. The van der Waals surface area contributed by atoms with Crippen molar-refractivity contribution >= 4 is 17.5 Å². The van der Waals surface area contributed by atoms with Crippen molar-refractivity contribution in [3.05, 3.63) is 103 Å². The van der Waals surface area contributed by atoms with Crippen LogP contribution in [-0.4, -0.2) is 9.97 Å². The van der Waals surface area contributed by atoms with Gasteiger partial charge in [-0.2, -0.15) is 4.98 Å². The van der Waals surface area contributed by atoms with Crippen LogP contribution >= 0.6 is 0 Å². The number of hydrogen-bond donors (Lipinski definition) is 2. The standard InChI is InChI=1S/C24H22N4O/c1-18(19-10-4-2-5-11-19)26-23-16-17-25-24(28-23)27-21-14-8-9-15-22(21)29-20-12-6-3-7-13-20/h2-18H,1H3,(H2,25,26,27,28). The molecule has 1 aromatic heterocycles. The predicted molar refractivity (Wildman–Crippen MR) is 117 cm³/mol. The van der Waals surface area contributed by atoms with Crippen molar-refractivity contribution in [2.45, 2.75) is 13.0 Å². The summed E-state index contributed by atoms with van der Waals surface area (Å²) in [7, 11) is 0. The molecular formula is C24H22N4O. The lowest BCUT2D eigenvalue weighted by molar-refractivity contribution is 0.485. The highest BCUT2D eigenvalue weighted by Crippen LogP contribution is 2.30. The Morgan fingerprint density at radius 3 is 2.28 bits per heavy atom. The zero-order valence-corrected chi connectivity index (χ0v) is 16.1. The Hall–Kier alpha value is -3.86. The van der Waals surface area contributed by atoms with Crippen molar-refractivity contribution in [1.29, 1.82) is 0 Å². The SMILES string of the molecule is CC(Nc1ccnc(Nc2ccccc2Oc2ccccc2)n1)c1ccccc1. The first-order chi connectivity index (χ1) is 14.3. The molecule has 0 saturated heterocycles. The average Bonchev–Trinajstić information content (AvgIpc) is 2.77. The summed E-state index contributed by atoms with van der Waals surface area (Å²) >= 11 is 0. The Balaban J connectivity index is 1.50. The van der Waals surface area contributed by atoms with Crippen LogP contribution in [-0.2, 0) is 0 Å². The molecule has 5 heteroatoms. The molecule has 0 spiro atoms. The molecule has 0 bridgehead atoms. The van der Waals surface area contributed by atoms with E-state index >= 15 is 0 Å². The van der Waals surface area contributed by atoms with Gasteiger partial charge in [0.05, 0.1) is 5.69 Å². The van der Waals surface area contributed by atoms with Crippen molar-refractivity contribution in [2.75, 3.05) is 10.6 Å². The molecule has 29 heavy (non-hydrogen) atoms. The van der Waals surface area contributed by atoms with Crippen LogP contribution in [0.2, 0.25) is 0 Å². The minimum atomic E-state index is 0.132. The lowest BCUT2D eigenvalue weighted by Gasteiger charge is -2.16. The minimum Gasteiger partial charge on any atom is -0.455 e. The molecule has 4 rings (SSSR count). The van der Waals surface area contributed by atoms with Crippen LogP contribution in [0.4, 0.5) is 17.5 Å². The van der Waals surface area contributed by atoms with Gasteiger partial charge >= 0.3 is 0 Å². The summed E-state index contributed by atoms with van der Waals surface area (Å²) in [6.07, 6.45) is 1.73. The van der Waals surface area contributed by atoms with E-state index < -0.39 is 0 Å². The first-order valence-corrected chi connectivity index (χ1v) is 9.51. The monoisotopic (exact) mass is 382 g/mol. The van der Waals surface area contributed by atoms with Crippen molar-refractivity contribution in [3.8, 4) is 11.5 Å². The lowest BCUT2D eigenvalue weighted by atomic mass is 10.1. The summed E-state index contributed by atoms with van der Waals surface area (Å²) < 4.78 is 6.00. The largest absolute Gasteiger partial charge is 0.455 e. The third kappa shape index (κ3) is 4.90. The fraction of sp³-hybridized carbons (Fsp3) is 0.0833. The van der Waals surface area contributed by atoms with Crippen LogP contribution in [0.1, 0.15) is 18.5 Å². The number of nitrogens with one attached hydrogen (secondary N) is 2. The predicted octanol–water partition coefficient (Wildman–Crippen LogP) is 6.19. The van der Waals surface area contributed by atoms with Gasteiger partial charge in [0.15, 0.2) is 5.75 Å². The summed E-state index contributed by atoms with van der Waals surface area (Å²) in [5.74, 6) is 2.73. The van der Waals surface area contributed by atoms with Gasteiger partial charge in [-0.3, -0.25) is 0 Å². The number of nitrogens with zero attached hydrogens (tertiary/aromatic N) is 2. The number of para-hydroxylation sites is 3. The quantitative estimate of drug-likeness (QED) is 0.399. The summed E-state index contributed by atoms with van der Waals surface area (Å²) in [5, 5.41) is 6.68. The number of benzene rings is 3. The third-order valence-corrected chi connectivity index (χ3v) is 4.42. The molecule has 1 atom stereocenters. The topological polar surface area (TPSA) is 59.1 Å². The Kier molecular flexibility index (Phi) is 5.67. The van der Waals surface area contributed by atoms with E-state index in [4.69, 9.17) is 4.74 Å². The molecule has 0 radical (unpaired) electrons. The maximum Gasteiger partial charge on any atom is 0.229 e. The van der Waals surface area contributed by atoms with Gasteiger partial charge < -0.3 is 15.4 Å². The van der Waals surface area contributed by atoms with Gasteiger partial charge in [0.1, 0.15) is 11.6 Å². The number of aromatic nitrogens is 2. The van der Waals surface area contributed by atoms with Gasteiger partial charge in [-0.1, -0.05) is 60.7 Å². The van der Waals surface area contributed by atoms with Crippen LogP contribution in [0.5, 0.6) is 11.5 Å². The zero-order chi connectivity index (χ0) is 19.9. The normalized spacial score (nSPS) is 11.5. The van der Waals surface area contributed by atoms with E-state index in [9.17, 15) is 0 Å².